The average Bonchev–Trinajstić information content (AvgIpc) is 2.86. The van der Waals surface area contributed by atoms with Crippen LogP contribution in [-0.4, -0.2) is 37.1 Å². The Labute approximate surface area is 76.3 Å². The van der Waals surface area contributed by atoms with Gasteiger partial charge in [0, 0.05) is 12.1 Å². The van der Waals surface area contributed by atoms with Gasteiger partial charge in [-0.05, 0) is 46.3 Å². The van der Waals surface area contributed by atoms with Gasteiger partial charge in [0.1, 0.15) is 0 Å². The van der Waals surface area contributed by atoms with Crippen molar-refractivity contribution in [1.82, 2.24) is 10.2 Å². The lowest BCUT2D eigenvalue weighted by Crippen LogP contribution is -2.36. The molecule has 0 aromatic rings. The van der Waals surface area contributed by atoms with Gasteiger partial charge in [-0.3, -0.25) is 4.90 Å². The van der Waals surface area contributed by atoms with E-state index in [1.54, 1.807) is 0 Å². The normalized spacial score (nSPS) is 20.0. The summed E-state index contributed by atoms with van der Waals surface area (Å²) in [4.78, 5) is 2.64. The molecule has 1 unspecified atom stereocenters. The van der Waals surface area contributed by atoms with Crippen LogP contribution in [0.1, 0.15) is 33.1 Å². The fraction of sp³-hybridized carbons (Fsp3) is 1.00. The second-order valence-corrected chi connectivity index (χ2v) is 3.80. The molecule has 0 heterocycles. The molecule has 1 N–H and O–H groups in total. The van der Waals surface area contributed by atoms with Crippen LogP contribution in [0.25, 0.3) is 0 Å². The third kappa shape index (κ3) is 2.76. The Kier molecular flexibility index (Phi) is 4.02. The van der Waals surface area contributed by atoms with Crippen LogP contribution >= 0.6 is 0 Å². The topological polar surface area (TPSA) is 15.3 Å². The van der Waals surface area contributed by atoms with Gasteiger partial charge in [0.05, 0.1) is 0 Å². The molecule has 0 aromatic carbocycles. The fourth-order valence-corrected chi connectivity index (χ4v) is 1.85. The van der Waals surface area contributed by atoms with Crippen molar-refractivity contribution in [3.8, 4) is 0 Å². The van der Waals surface area contributed by atoms with Crippen LogP contribution < -0.4 is 5.32 Å². The number of nitrogens with one attached hydrogen (secondary N) is 1. The average molecular weight is 170 g/mol. The lowest BCUT2D eigenvalue weighted by Gasteiger charge is -2.27. The molecular formula is C10H22N2. The minimum Gasteiger partial charge on any atom is -0.320 e. The first-order valence-corrected chi connectivity index (χ1v) is 5.20. The van der Waals surface area contributed by atoms with Gasteiger partial charge < -0.3 is 5.32 Å². The highest BCUT2D eigenvalue weighted by molar-refractivity contribution is 4.86. The molecule has 1 aliphatic rings. The van der Waals surface area contributed by atoms with Crippen molar-refractivity contribution in [1.29, 1.82) is 0 Å². The first kappa shape index (κ1) is 10.0. The first-order valence-electron chi connectivity index (χ1n) is 5.20. The molecule has 0 radical (unpaired) electrons. The van der Waals surface area contributed by atoms with E-state index >= 15 is 0 Å². The van der Waals surface area contributed by atoms with Crippen LogP contribution in [0.3, 0.4) is 0 Å². The molecule has 0 spiro atoms. The Balaban J connectivity index is 2.21. The lowest BCUT2D eigenvalue weighted by atomic mass is 10.2. The van der Waals surface area contributed by atoms with Gasteiger partial charge in [-0.2, -0.15) is 0 Å². The number of nitrogens with zero attached hydrogens (tertiary/aromatic N) is 1. The zero-order valence-electron chi connectivity index (χ0n) is 8.64. The fourth-order valence-electron chi connectivity index (χ4n) is 1.85. The molecule has 1 fully saturated rings. The largest absolute Gasteiger partial charge is 0.320 e. The van der Waals surface area contributed by atoms with Crippen molar-refractivity contribution in [2.24, 2.45) is 0 Å². The molecule has 0 aliphatic heterocycles. The Bertz CT molecular complexity index is 121. The molecule has 0 amide bonds. The third-order valence-electron chi connectivity index (χ3n) is 2.76. The van der Waals surface area contributed by atoms with E-state index in [-0.39, 0.29) is 0 Å². The molecule has 1 aliphatic carbocycles. The standard InChI is InChI=1S/C10H22N2/c1-4-12(10-5-6-10)9(2)7-8-11-3/h9-11H,4-8H2,1-3H3. The summed E-state index contributed by atoms with van der Waals surface area (Å²) in [6, 6.07) is 1.68. The van der Waals surface area contributed by atoms with Crippen LogP contribution in [0, 0.1) is 0 Å². The molecule has 1 saturated carbocycles. The Morgan fingerprint density at radius 3 is 2.58 bits per heavy atom. The molecule has 0 aromatic heterocycles. The lowest BCUT2D eigenvalue weighted by molar-refractivity contribution is 0.200. The van der Waals surface area contributed by atoms with E-state index in [0.717, 1.165) is 18.6 Å². The predicted molar refractivity (Wildman–Crippen MR) is 53.4 cm³/mol. The van der Waals surface area contributed by atoms with E-state index in [4.69, 9.17) is 0 Å². The predicted octanol–water partition coefficient (Wildman–Crippen LogP) is 1.47. The van der Waals surface area contributed by atoms with E-state index in [2.05, 4.69) is 24.1 Å². The molecule has 72 valence electrons. The summed E-state index contributed by atoms with van der Waals surface area (Å²) in [5, 5.41) is 3.21. The van der Waals surface area contributed by atoms with Crippen LogP contribution in [0.2, 0.25) is 0 Å². The molecule has 1 atom stereocenters. The van der Waals surface area contributed by atoms with E-state index in [1.165, 1.54) is 25.8 Å². The molecule has 0 saturated heterocycles. The maximum atomic E-state index is 3.21. The second-order valence-electron chi connectivity index (χ2n) is 3.80. The van der Waals surface area contributed by atoms with Gasteiger partial charge in [-0.25, -0.2) is 0 Å². The van der Waals surface area contributed by atoms with Gasteiger partial charge >= 0.3 is 0 Å². The zero-order chi connectivity index (χ0) is 8.97. The molecular weight excluding hydrogens is 148 g/mol. The van der Waals surface area contributed by atoms with E-state index in [9.17, 15) is 0 Å². The maximum absolute atomic E-state index is 3.21. The Morgan fingerprint density at radius 2 is 2.17 bits per heavy atom. The van der Waals surface area contributed by atoms with Crippen LogP contribution in [0.4, 0.5) is 0 Å². The van der Waals surface area contributed by atoms with E-state index in [0.29, 0.717) is 0 Å². The second kappa shape index (κ2) is 4.83. The number of rotatable bonds is 6. The van der Waals surface area contributed by atoms with Crippen LogP contribution in [0.5, 0.6) is 0 Å². The minimum absolute atomic E-state index is 0.759. The third-order valence-corrected chi connectivity index (χ3v) is 2.76. The highest BCUT2D eigenvalue weighted by Gasteiger charge is 2.30. The SMILES string of the molecule is CCN(C(C)CCNC)C1CC1. The summed E-state index contributed by atoms with van der Waals surface area (Å²) in [6.07, 6.45) is 4.14. The highest BCUT2D eigenvalue weighted by atomic mass is 15.2. The summed E-state index contributed by atoms with van der Waals surface area (Å²) in [6.45, 7) is 6.98. The van der Waals surface area contributed by atoms with Crippen LogP contribution in [-0.2, 0) is 0 Å². The van der Waals surface area contributed by atoms with Crippen molar-refractivity contribution in [2.75, 3.05) is 20.1 Å². The molecule has 1 rings (SSSR count). The smallest absolute Gasteiger partial charge is 0.00991 e. The molecule has 2 nitrogen and oxygen atoms in total. The summed E-state index contributed by atoms with van der Waals surface area (Å²) < 4.78 is 0. The van der Waals surface area contributed by atoms with E-state index in [1.807, 2.05) is 7.05 Å². The Morgan fingerprint density at radius 1 is 1.50 bits per heavy atom. The molecule has 2 heteroatoms. The summed E-state index contributed by atoms with van der Waals surface area (Å²) in [5.74, 6) is 0. The van der Waals surface area contributed by atoms with Gasteiger partial charge in [0.2, 0.25) is 0 Å². The quantitative estimate of drug-likeness (QED) is 0.649. The monoisotopic (exact) mass is 170 g/mol. The summed E-state index contributed by atoms with van der Waals surface area (Å²) in [5.41, 5.74) is 0. The maximum Gasteiger partial charge on any atom is 0.00991 e. The van der Waals surface area contributed by atoms with Crippen molar-refractivity contribution in [2.45, 2.75) is 45.2 Å². The van der Waals surface area contributed by atoms with Crippen molar-refractivity contribution in [3.05, 3.63) is 0 Å². The summed E-state index contributed by atoms with van der Waals surface area (Å²) >= 11 is 0. The van der Waals surface area contributed by atoms with E-state index < -0.39 is 0 Å². The highest BCUT2D eigenvalue weighted by Crippen LogP contribution is 2.28. The van der Waals surface area contributed by atoms with Crippen molar-refractivity contribution in [3.63, 3.8) is 0 Å². The first-order chi connectivity index (χ1) is 5.79. The van der Waals surface area contributed by atoms with Crippen LogP contribution in [0.15, 0.2) is 0 Å². The van der Waals surface area contributed by atoms with Gasteiger partial charge in [-0.1, -0.05) is 6.92 Å². The number of hydrogen-bond donors (Lipinski definition) is 1. The summed E-state index contributed by atoms with van der Waals surface area (Å²) in [7, 11) is 2.03. The van der Waals surface area contributed by atoms with Gasteiger partial charge in [0.15, 0.2) is 0 Å². The molecule has 12 heavy (non-hydrogen) atoms. The zero-order valence-corrected chi connectivity index (χ0v) is 8.64. The molecule has 0 bridgehead atoms. The van der Waals surface area contributed by atoms with Gasteiger partial charge in [0.25, 0.3) is 0 Å². The number of hydrogen-bond acceptors (Lipinski definition) is 2. The van der Waals surface area contributed by atoms with Crippen molar-refractivity contribution < 1.29 is 0 Å². The Hall–Kier alpha value is -0.0800. The van der Waals surface area contributed by atoms with Crippen molar-refractivity contribution >= 4 is 0 Å². The minimum atomic E-state index is 0.759. The van der Waals surface area contributed by atoms with Gasteiger partial charge in [-0.15, -0.1) is 0 Å².